The first-order valence-electron chi connectivity index (χ1n) is 7.64. The van der Waals surface area contributed by atoms with Crippen LogP contribution in [-0.2, 0) is 14.3 Å². The minimum absolute atomic E-state index is 0.104. The summed E-state index contributed by atoms with van der Waals surface area (Å²) in [5, 5.41) is 0. The molecule has 2 atom stereocenters. The van der Waals surface area contributed by atoms with Crippen molar-refractivity contribution in [2.24, 2.45) is 5.92 Å². The van der Waals surface area contributed by atoms with Crippen LogP contribution in [0.3, 0.4) is 0 Å². The van der Waals surface area contributed by atoms with E-state index in [4.69, 9.17) is 4.74 Å². The fourth-order valence-corrected chi connectivity index (χ4v) is 3.38. The number of ketones is 1. The molecule has 0 aromatic rings. The summed E-state index contributed by atoms with van der Waals surface area (Å²) in [4.78, 5) is 26.2. The maximum absolute atomic E-state index is 12.2. The van der Waals surface area contributed by atoms with Gasteiger partial charge in [0.25, 0.3) is 0 Å². The van der Waals surface area contributed by atoms with Gasteiger partial charge in [0.15, 0.2) is 0 Å². The molecule has 108 valence electrons. The molecule has 1 amide bonds. The van der Waals surface area contributed by atoms with E-state index < -0.39 is 0 Å². The third-order valence-corrected chi connectivity index (χ3v) is 4.35. The lowest BCUT2D eigenvalue weighted by Gasteiger charge is -2.33. The van der Waals surface area contributed by atoms with Crippen molar-refractivity contribution in [3.05, 3.63) is 0 Å². The first-order chi connectivity index (χ1) is 9.24. The molecule has 1 heterocycles. The summed E-state index contributed by atoms with van der Waals surface area (Å²) in [7, 11) is 0. The zero-order valence-electron chi connectivity index (χ0n) is 11.9. The molecule has 0 radical (unpaired) electrons. The van der Waals surface area contributed by atoms with Crippen molar-refractivity contribution in [3.8, 4) is 0 Å². The molecule has 2 aliphatic rings. The SMILES string of the molecule is CCOCCC(=O)N1CCCC1C1CCCCC1=O. The highest BCUT2D eigenvalue weighted by atomic mass is 16.5. The van der Waals surface area contributed by atoms with E-state index in [-0.39, 0.29) is 17.9 Å². The average molecular weight is 267 g/mol. The van der Waals surface area contributed by atoms with E-state index >= 15 is 0 Å². The topological polar surface area (TPSA) is 46.6 Å². The summed E-state index contributed by atoms with van der Waals surface area (Å²) >= 11 is 0. The average Bonchev–Trinajstić information content (AvgIpc) is 2.88. The van der Waals surface area contributed by atoms with Crippen LogP contribution in [0.5, 0.6) is 0 Å². The Bertz CT molecular complexity index is 329. The zero-order valence-corrected chi connectivity index (χ0v) is 11.9. The second kappa shape index (κ2) is 7.04. The van der Waals surface area contributed by atoms with Crippen LogP contribution in [-0.4, -0.2) is 42.4 Å². The molecule has 1 saturated carbocycles. The zero-order chi connectivity index (χ0) is 13.7. The highest BCUT2D eigenvalue weighted by Gasteiger charge is 2.38. The molecule has 2 rings (SSSR count). The summed E-state index contributed by atoms with van der Waals surface area (Å²) in [5.41, 5.74) is 0. The van der Waals surface area contributed by atoms with Gasteiger partial charge < -0.3 is 9.64 Å². The summed E-state index contributed by atoms with van der Waals surface area (Å²) in [6.07, 6.45) is 6.33. The lowest BCUT2D eigenvalue weighted by atomic mass is 9.82. The summed E-state index contributed by atoms with van der Waals surface area (Å²) in [5.74, 6) is 0.641. The molecule has 0 aromatic heterocycles. The van der Waals surface area contributed by atoms with Gasteiger partial charge >= 0.3 is 0 Å². The molecule has 0 aromatic carbocycles. The van der Waals surface area contributed by atoms with Crippen LogP contribution in [0.15, 0.2) is 0 Å². The van der Waals surface area contributed by atoms with Crippen molar-refractivity contribution >= 4 is 11.7 Å². The highest BCUT2D eigenvalue weighted by molar-refractivity contribution is 5.84. The van der Waals surface area contributed by atoms with Crippen LogP contribution in [0.25, 0.3) is 0 Å². The van der Waals surface area contributed by atoms with E-state index in [9.17, 15) is 9.59 Å². The lowest BCUT2D eigenvalue weighted by molar-refractivity contribution is -0.136. The van der Waals surface area contributed by atoms with Crippen LogP contribution >= 0.6 is 0 Å². The highest BCUT2D eigenvalue weighted by Crippen LogP contribution is 2.32. The molecule has 1 saturated heterocycles. The van der Waals surface area contributed by atoms with Gasteiger partial charge in [0, 0.05) is 31.5 Å². The van der Waals surface area contributed by atoms with Crippen molar-refractivity contribution in [2.75, 3.05) is 19.8 Å². The Morgan fingerprint density at radius 1 is 1.32 bits per heavy atom. The van der Waals surface area contributed by atoms with Crippen LogP contribution in [0.1, 0.15) is 51.9 Å². The van der Waals surface area contributed by atoms with Gasteiger partial charge in [-0.05, 0) is 32.6 Å². The van der Waals surface area contributed by atoms with Crippen molar-refractivity contribution in [1.29, 1.82) is 0 Å². The van der Waals surface area contributed by atoms with E-state index in [0.29, 0.717) is 31.8 Å². The summed E-state index contributed by atoms with van der Waals surface area (Å²) in [6.45, 7) is 3.90. The Morgan fingerprint density at radius 3 is 2.89 bits per heavy atom. The van der Waals surface area contributed by atoms with Crippen LogP contribution in [0.2, 0.25) is 0 Å². The van der Waals surface area contributed by atoms with Crippen LogP contribution in [0, 0.1) is 5.92 Å². The number of hydrogen-bond acceptors (Lipinski definition) is 3. The van der Waals surface area contributed by atoms with Gasteiger partial charge in [-0.15, -0.1) is 0 Å². The molecule has 1 aliphatic heterocycles. The molecule has 19 heavy (non-hydrogen) atoms. The van der Waals surface area contributed by atoms with Gasteiger partial charge in [0.1, 0.15) is 5.78 Å². The van der Waals surface area contributed by atoms with Crippen molar-refractivity contribution in [1.82, 2.24) is 4.90 Å². The van der Waals surface area contributed by atoms with Gasteiger partial charge in [-0.25, -0.2) is 0 Å². The Hall–Kier alpha value is -0.900. The summed E-state index contributed by atoms with van der Waals surface area (Å²) < 4.78 is 5.25. The van der Waals surface area contributed by atoms with Crippen LogP contribution in [0.4, 0.5) is 0 Å². The quantitative estimate of drug-likeness (QED) is 0.717. The fraction of sp³-hybridized carbons (Fsp3) is 0.867. The number of hydrogen-bond donors (Lipinski definition) is 0. The minimum Gasteiger partial charge on any atom is -0.381 e. The molecular weight excluding hydrogens is 242 g/mol. The first kappa shape index (κ1) is 14.5. The lowest BCUT2D eigenvalue weighted by Crippen LogP contribution is -2.44. The Labute approximate surface area is 115 Å². The number of carbonyl (C=O) groups excluding carboxylic acids is 2. The number of likely N-dealkylation sites (tertiary alicyclic amines) is 1. The Kier molecular flexibility index (Phi) is 5.37. The smallest absolute Gasteiger partial charge is 0.225 e. The Balaban J connectivity index is 1.92. The van der Waals surface area contributed by atoms with Gasteiger partial charge in [-0.3, -0.25) is 9.59 Å². The van der Waals surface area contributed by atoms with E-state index in [1.165, 1.54) is 0 Å². The number of amides is 1. The molecule has 0 bridgehead atoms. The molecule has 0 spiro atoms. The van der Waals surface area contributed by atoms with E-state index in [1.54, 1.807) is 0 Å². The number of Topliss-reactive ketones (excluding diaryl/α,β-unsaturated/α-hetero) is 1. The molecule has 2 fully saturated rings. The third-order valence-electron chi connectivity index (χ3n) is 4.35. The van der Waals surface area contributed by atoms with Gasteiger partial charge in [-0.2, -0.15) is 0 Å². The van der Waals surface area contributed by atoms with E-state index in [1.807, 2.05) is 11.8 Å². The van der Waals surface area contributed by atoms with E-state index in [0.717, 1.165) is 38.6 Å². The third kappa shape index (κ3) is 3.56. The second-order valence-corrected chi connectivity index (χ2v) is 5.56. The Morgan fingerprint density at radius 2 is 2.16 bits per heavy atom. The minimum atomic E-state index is 0.104. The molecule has 2 unspecified atom stereocenters. The number of nitrogens with zero attached hydrogens (tertiary/aromatic N) is 1. The van der Waals surface area contributed by atoms with Gasteiger partial charge in [0.05, 0.1) is 13.0 Å². The monoisotopic (exact) mass is 267 g/mol. The number of ether oxygens (including phenoxy) is 1. The largest absolute Gasteiger partial charge is 0.381 e. The maximum atomic E-state index is 12.2. The van der Waals surface area contributed by atoms with Crippen molar-refractivity contribution < 1.29 is 14.3 Å². The first-order valence-corrected chi connectivity index (χ1v) is 7.64. The number of rotatable bonds is 5. The maximum Gasteiger partial charge on any atom is 0.225 e. The fourth-order valence-electron chi connectivity index (χ4n) is 3.38. The predicted molar refractivity (Wildman–Crippen MR) is 72.8 cm³/mol. The van der Waals surface area contributed by atoms with Gasteiger partial charge in [0.2, 0.25) is 5.91 Å². The molecule has 4 nitrogen and oxygen atoms in total. The van der Waals surface area contributed by atoms with Crippen molar-refractivity contribution in [3.63, 3.8) is 0 Å². The molecular formula is C15H25NO3. The summed E-state index contributed by atoms with van der Waals surface area (Å²) in [6, 6.07) is 0.168. The molecule has 1 aliphatic carbocycles. The normalized spacial score (nSPS) is 27.8. The molecule has 4 heteroatoms. The van der Waals surface area contributed by atoms with E-state index in [2.05, 4.69) is 0 Å². The van der Waals surface area contributed by atoms with Gasteiger partial charge in [-0.1, -0.05) is 6.42 Å². The number of carbonyl (C=O) groups is 2. The molecule has 0 N–H and O–H groups in total. The van der Waals surface area contributed by atoms with Crippen molar-refractivity contribution in [2.45, 2.75) is 57.9 Å². The van der Waals surface area contributed by atoms with Crippen LogP contribution < -0.4 is 0 Å². The standard InChI is InChI=1S/C15H25NO3/c1-2-19-11-9-15(18)16-10-5-7-13(16)12-6-3-4-8-14(12)17/h12-13H,2-11H2,1H3. The predicted octanol–water partition coefficient (Wildman–Crippen LogP) is 2.16. The second-order valence-electron chi connectivity index (χ2n) is 5.56.